The minimum absolute atomic E-state index is 0.0270. The summed E-state index contributed by atoms with van der Waals surface area (Å²) in [4.78, 5) is 17.5. The molecule has 0 radical (unpaired) electrons. The van der Waals surface area contributed by atoms with Crippen molar-refractivity contribution in [2.75, 3.05) is 5.32 Å². The Labute approximate surface area is 191 Å². The lowest BCUT2D eigenvalue weighted by atomic mass is 9.85. The number of pyridine rings is 1. The van der Waals surface area contributed by atoms with Gasteiger partial charge in [0.05, 0.1) is 5.56 Å². The minimum atomic E-state index is -1.88. The van der Waals surface area contributed by atoms with Crippen LogP contribution in [0.3, 0.4) is 0 Å². The number of rotatable bonds is 6. The van der Waals surface area contributed by atoms with Gasteiger partial charge >= 0.3 is 0 Å². The molecule has 1 atom stereocenters. The molecule has 4 aromatic rings. The third-order valence-corrected chi connectivity index (χ3v) is 5.38. The summed E-state index contributed by atoms with van der Waals surface area (Å²) in [5.74, 6) is -0.896. The summed E-state index contributed by atoms with van der Waals surface area (Å²) in [7, 11) is 0. The average Bonchev–Trinajstić information content (AvgIpc) is 2.85. The fourth-order valence-electron chi connectivity index (χ4n) is 3.66. The summed E-state index contributed by atoms with van der Waals surface area (Å²) >= 11 is 0. The van der Waals surface area contributed by atoms with Crippen LogP contribution in [-0.4, -0.2) is 21.1 Å². The molecule has 0 aliphatic carbocycles. The molecule has 1 unspecified atom stereocenters. The molecular weight excluding hydrogens is 414 g/mol. The van der Waals surface area contributed by atoms with Crippen LogP contribution in [0.1, 0.15) is 16.7 Å². The van der Waals surface area contributed by atoms with Crippen molar-refractivity contribution in [2.45, 2.75) is 12.0 Å². The number of nitriles is 1. The molecule has 0 fully saturated rings. The number of aromatic nitrogens is 1. The zero-order chi connectivity index (χ0) is 23.3. The summed E-state index contributed by atoms with van der Waals surface area (Å²) in [5.41, 5.74) is 1.55. The highest BCUT2D eigenvalue weighted by Gasteiger charge is 2.38. The van der Waals surface area contributed by atoms with Crippen LogP contribution in [0.4, 0.5) is 5.69 Å². The van der Waals surface area contributed by atoms with Crippen LogP contribution in [0.5, 0.6) is 5.75 Å². The molecule has 3 N–H and O–H groups in total. The summed E-state index contributed by atoms with van der Waals surface area (Å²) in [6, 6.07) is 26.2. The van der Waals surface area contributed by atoms with E-state index < -0.39 is 11.5 Å². The summed E-state index contributed by atoms with van der Waals surface area (Å²) in [5, 5.41) is 33.3. The first-order chi connectivity index (χ1) is 16.0. The first-order valence-electron chi connectivity index (χ1n) is 10.3. The van der Waals surface area contributed by atoms with E-state index >= 15 is 0 Å². The molecule has 3 aromatic carbocycles. The quantitative estimate of drug-likeness (QED) is 0.416. The van der Waals surface area contributed by atoms with Gasteiger partial charge in [-0.1, -0.05) is 60.7 Å². The molecule has 0 aliphatic rings. The van der Waals surface area contributed by atoms with Crippen LogP contribution in [0.2, 0.25) is 0 Å². The van der Waals surface area contributed by atoms with Crippen LogP contribution in [0, 0.1) is 11.3 Å². The molecule has 162 valence electrons. The molecule has 0 aliphatic heterocycles. The van der Waals surface area contributed by atoms with Crippen molar-refractivity contribution in [2.24, 2.45) is 0 Å². The zero-order valence-corrected chi connectivity index (χ0v) is 17.6. The third kappa shape index (κ3) is 4.74. The van der Waals surface area contributed by atoms with Gasteiger partial charge in [-0.25, -0.2) is 0 Å². The number of phenols is 1. The fourth-order valence-corrected chi connectivity index (χ4v) is 3.66. The third-order valence-electron chi connectivity index (χ3n) is 5.38. The number of hydrogen-bond acceptors (Lipinski definition) is 5. The highest BCUT2D eigenvalue weighted by molar-refractivity contribution is 5.98. The van der Waals surface area contributed by atoms with E-state index in [2.05, 4.69) is 10.3 Å². The van der Waals surface area contributed by atoms with Gasteiger partial charge in [0.15, 0.2) is 5.60 Å². The SMILES string of the molecule is N#Cc1ccc(NC(=O)C(O)(Cc2cccc(-c3cccnc3)c2)c2ccccc2)cc1O. The van der Waals surface area contributed by atoms with Gasteiger partial charge in [-0.15, -0.1) is 0 Å². The second kappa shape index (κ2) is 9.35. The predicted molar refractivity (Wildman–Crippen MR) is 125 cm³/mol. The van der Waals surface area contributed by atoms with Gasteiger partial charge in [-0.2, -0.15) is 5.26 Å². The second-order valence-electron chi connectivity index (χ2n) is 7.64. The van der Waals surface area contributed by atoms with Gasteiger partial charge < -0.3 is 15.5 Å². The maximum atomic E-state index is 13.3. The van der Waals surface area contributed by atoms with E-state index in [-0.39, 0.29) is 23.4 Å². The van der Waals surface area contributed by atoms with E-state index in [1.807, 2.05) is 48.5 Å². The van der Waals surface area contributed by atoms with Crippen molar-refractivity contribution in [3.05, 3.63) is 114 Å². The standard InChI is InChI=1S/C27H21N3O3/c28-17-21-11-12-24(15-25(21)31)30-26(32)27(33,23-9-2-1-3-10-23)16-19-6-4-7-20(14-19)22-8-5-13-29-18-22/h1-15,18,31,33H,16H2,(H,30,32). The second-order valence-corrected chi connectivity index (χ2v) is 7.64. The lowest BCUT2D eigenvalue weighted by molar-refractivity contribution is -0.135. The Bertz CT molecular complexity index is 1320. The topological polar surface area (TPSA) is 106 Å². The van der Waals surface area contributed by atoms with Crippen LogP contribution in [0.25, 0.3) is 11.1 Å². The van der Waals surface area contributed by atoms with Gasteiger partial charge in [-0.3, -0.25) is 9.78 Å². The molecule has 1 amide bonds. The number of nitrogens with one attached hydrogen (secondary N) is 1. The Kier molecular flexibility index (Phi) is 6.16. The zero-order valence-electron chi connectivity index (χ0n) is 17.6. The minimum Gasteiger partial charge on any atom is -0.506 e. The number of aliphatic hydroxyl groups is 1. The Hall–Kier alpha value is -4.47. The predicted octanol–water partition coefficient (Wildman–Crippen LogP) is 4.39. The summed E-state index contributed by atoms with van der Waals surface area (Å²) in [6.07, 6.45) is 3.48. The largest absolute Gasteiger partial charge is 0.506 e. The van der Waals surface area contributed by atoms with Crippen LogP contribution in [0.15, 0.2) is 97.3 Å². The highest BCUT2D eigenvalue weighted by Crippen LogP contribution is 2.30. The number of anilines is 1. The molecule has 0 saturated heterocycles. The first-order valence-corrected chi connectivity index (χ1v) is 10.3. The molecular formula is C27H21N3O3. The van der Waals surface area contributed by atoms with Crippen molar-refractivity contribution in [3.63, 3.8) is 0 Å². The monoisotopic (exact) mass is 435 g/mol. The van der Waals surface area contributed by atoms with Gasteiger partial charge in [0.25, 0.3) is 5.91 Å². The van der Waals surface area contributed by atoms with Gasteiger partial charge in [0, 0.05) is 30.6 Å². The van der Waals surface area contributed by atoms with E-state index in [4.69, 9.17) is 5.26 Å². The summed E-state index contributed by atoms with van der Waals surface area (Å²) in [6.45, 7) is 0. The molecule has 33 heavy (non-hydrogen) atoms. The molecule has 0 saturated carbocycles. The van der Waals surface area contributed by atoms with E-state index in [9.17, 15) is 15.0 Å². The first kappa shape index (κ1) is 21.8. The Morgan fingerprint density at radius 2 is 1.76 bits per heavy atom. The number of aromatic hydroxyl groups is 1. The smallest absolute Gasteiger partial charge is 0.261 e. The number of nitrogens with zero attached hydrogens (tertiary/aromatic N) is 2. The van der Waals surface area contributed by atoms with Crippen LogP contribution in [-0.2, 0) is 16.8 Å². The van der Waals surface area contributed by atoms with Crippen molar-refractivity contribution in [1.82, 2.24) is 4.98 Å². The lowest BCUT2D eigenvalue weighted by Gasteiger charge is -2.28. The number of carbonyl (C=O) groups is 1. The molecule has 0 spiro atoms. The van der Waals surface area contributed by atoms with Crippen molar-refractivity contribution in [3.8, 4) is 22.9 Å². The molecule has 4 rings (SSSR count). The molecule has 6 nitrogen and oxygen atoms in total. The molecule has 0 bridgehead atoms. The van der Waals surface area contributed by atoms with Crippen molar-refractivity contribution >= 4 is 11.6 Å². The van der Waals surface area contributed by atoms with E-state index in [0.29, 0.717) is 5.56 Å². The van der Waals surface area contributed by atoms with Crippen molar-refractivity contribution in [1.29, 1.82) is 5.26 Å². The molecule has 1 aromatic heterocycles. The Balaban J connectivity index is 1.68. The number of phenolic OH excluding ortho intramolecular Hbond substituents is 1. The average molecular weight is 435 g/mol. The van der Waals surface area contributed by atoms with Gasteiger partial charge in [-0.05, 0) is 40.5 Å². The Morgan fingerprint density at radius 3 is 2.45 bits per heavy atom. The molecule has 1 heterocycles. The van der Waals surface area contributed by atoms with Crippen LogP contribution < -0.4 is 5.32 Å². The van der Waals surface area contributed by atoms with Gasteiger partial charge in [0.1, 0.15) is 11.8 Å². The van der Waals surface area contributed by atoms with Gasteiger partial charge in [0.2, 0.25) is 0 Å². The van der Waals surface area contributed by atoms with E-state index in [1.165, 1.54) is 18.2 Å². The van der Waals surface area contributed by atoms with Crippen LogP contribution >= 0.6 is 0 Å². The highest BCUT2D eigenvalue weighted by atomic mass is 16.3. The number of benzene rings is 3. The number of amides is 1. The lowest BCUT2D eigenvalue weighted by Crippen LogP contribution is -2.42. The van der Waals surface area contributed by atoms with Crippen molar-refractivity contribution < 1.29 is 15.0 Å². The van der Waals surface area contributed by atoms with E-state index in [0.717, 1.165) is 16.7 Å². The van der Waals surface area contributed by atoms with E-state index in [1.54, 1.807) is 36.7 Å². The molecule has 6 heteroatoms. The maximum absolute atomic E-state index is 13.3. The number of hydrogen-bond donors (Lipinski definition) is 3. The summed E-state index contributed by atoms with van der Waals surface area (Å²) < 4.78 is 0. The Morgan fingerprint density at radius 1 is 0.970 bits per heavy atom. The maximum Gasteiger partial charge on any atom is 0.261 e. The normalized spacial score (nSPS) is 12.4. The fraction of sp³-hybridized carbons (Fsp3) is 0.0741. The number of carbonyl (C=O) groups excluding carboxylic acids is 1.